The number of esters is 2. The van der Waals surface area contributed by atoms with Crippen LogP contribution in [0.2, 0.25) is 0 Å². The van der Waals surface area contributed by atoms with Gasteiger partial charge in [0.1, 0.15) is 17.2 Å². The zero-order valence-electron chi connectivity index (χ0n) is 28.2. The molecule has 0 rings (SSSR count). The molecular weight excluding hydrogens is 532 g/mol. The normalized spacial score (nSPS) is 12.5. The Bertz CT molecular complexity index is 754. The van der Waals surface area contributed by atoms with Crippen molar-refractivity contribution < 1.29 is 28.7 Å². The fraction of sp³-hybridized carbons (Fsp3) is 0.882. The number of amides is 2. The van der Waals surface area contributed by atoms with Gasteiger partial charge in [-0.1, -0.05) is 84.0 Å². The molecule has 2 amide bonds. The highest BCUT2D eigenvalue weighted by molar-refractivity contribution is 5.85. The zero-order chi connectivity index (χ0) is 31.9. The lowest BCUT2D eigenvalue weighted by molar-refractivity contribution is -0.159. The Morgan fingerprint density at radius 3 is 1.43 bits per heavy atom. The van der Waals surface area contributed by atoms with E-state index in [9.17, 15) is 19.2 Å². The van der Waals surface area contributed by atoms with Gasteiger partial charge in [0.2, 0.25) is 11.8 Å². The average molecular weight is 597 g/mol. The molecule has 0 aliphatic rings. The van der Waals surface area contributed by atoms with Crippen LogP contribution in [0.3, 0.4) is 0 Å². The van der Waals surface area contributed by atoms with Crippen LogP contribution in [0.5, 0.6) is 0 Å². The lowest BCUT2D eigenvalue weighted by Gasteiger charge is -2.24. The minimum Gasteiger partial charge on any atom is -0.460 e. The summed E-state index contributed by atoms with van der Waals surface area (Å²) in [6.45, 7) is 13.7. The lowest BCUT2D eigenvalue weighted by atomic mass is 10.0. The molecule has 0 aromatic heterocycles. The Morgan fingerprint density at radius 2 is 1.00 bits per heavy atom. The molecule has 0 spiro atoms. The van der Waals surface area contributed by atoms with Crippen LogP contribution in [0.15, 0.2) is 0 Å². The molecule has 0 aromatic rings. The topological polar surface area (TPSA) is 111 Å². The Kier molecular flexibility index (Phi) is 22.2. The van der Waals surface area contributed by atoms with E-state index in [2.05, 4.69) is 10.6 Å². The minimum absolute atomic E-state index is 0.0852. The molecule has 0 heterocycles. The summed E-state index contributed by atoms with van der Waals surface area (Å²) in [6, 6.07) is -0.812. The quantitative estimate of drug-likeness (QED) is 0.0872. The average Bonchev–Trinajstić information content (AvgIpc) is 2.87. The summed E-state index contributed by atoms with van der Waals surface area (Å²) in [5.41, 5.74) is -1.04. The Hall–Kier alpha value is -2.12. The molecule has 0 aliphatic carbocycles. The highest BCUT2D eigenvalue weighted by Crippen LogP contribution is 2.16. The van der Waals surface area contributed by atoms with E-state index < -0.39 is 17.6 Å². The molecule has 0 radical (unpaired) electrons. The van der Waals surface area contributed by atoms with Crippen molar-refractivity contribution in [2.45, 2.75) is 188 Å². The van der Waals surface area contributed by atoms with Gasteiger partial charge >= 0.3 is 11.9 Å². The molecule has 0 bridgehead atoms. The molecular formula is C34H64N2O6. The van der Waals surface area contributed by atoms with E-state index in [4.69, 9.17) is 9.47 Å². The Balaban J connectivity index is 3.85. The summed E-state index contributed by atoms with van der Waals surface area (Å²) in [6.07, 6.45) is 18.3. The summed E-state index contributed by atoms with van der Waals surface area (Å²) in [4.78, 5) is 48.8. The van der Waals surface area contributed by atoms with Crippen molar-refractivity contribution >= 4 is 23.8 Å². The van der Waals surface area contributed by atoms with Crippen LogP contribution in [0.1, 0.15) is 170 Å². The maximum absolute atomic E-state index is 12.6. The first kappa shape index (κ1) is 39.9. The van der Waals surface area contributed by atoms with Crippen LogP contribution in [-0.2, 0) is 28.7 Å². The molecule has 0 fully saturated rings. The summed E-state index contributed by atoms with van der Waals surface area (Å²) < 4.78 is 10.8. The largest absolute Gasteiger partial charge is 0.460 e. The van der Waals surface area contributed by atoms with Gasteiger partial charge in [0.25, 0.3) is 0 Å². The van der Waals surface area contributed by atoms with Gasteiger partial charge in [0.05, 0.1) is 0 Å². The van der Waals surface area contributed by atoms with E-state index in [1.54, 1.807) is 20.8 Å². The standard InChI is InChI=1S/C34H64N2O6/c1-8-27-35-29(37)26-25-28(32(40)42-34(5,6)7)36-30(38)23-21-19-17-15-13-11-9-10-12-14-16-18-20-22-24-31(39)41-33(2,3)4/h28H,8-27H2,1-7H3,(H,35,37)(H,36,38). The van der Waals surface area contributed by atoms with Crippen LogP contribution < -0.4 is 10.6 Å². The Labute approximate surface area is 257 Å². The molecule has 1 atom stereocenters. The van der Waals surface area contributed by atoms with Gasteiger partial charge in [-0.05, 0) is 67.2 Å². The van der Waals surface area contributed by atoms with E-state index in [0.29, 0.717) is 19.4 Å². The molecule has 42 heavy (non-hydrogen) atoms. The predicted molar refractivity (Wildman–Crippen MR) is 170 cm³/mol. The second kappa shape index (κ2) is 23.3. The summed E-state index contributed by atoms with van der Waals surface area (Å²) in [7, 11) is 0. The number of nitrogens with one attached hydrogen (secondary N) is 2. The molecule has 2 N–H and O–H groups in total. The first-order valence-corrected chi connectivity index (χ1v) is 16.7. The number of ether oxygens (including phenoxy) is 2. The summed E-state index contributed by atoms with van der Waals surface area (Å²) in [5.74, 6) is -0.862. The van der Waals surface area contributed by atoms with Crippen molar-refractivity contribution in [3.63, 3.8) is 0 Å². The lowest BCUT2D eigenvalue weighted by Crippen LogP contribution is -2.44. The van der Waals surface area contributed by atoms with Crippen LogP contribution in [-0.4, -0.2) is 47.5 Å². The van der Waals surface area contributed by atoms with Gasteiger partial charge in [-0.3, -0.25) is 14.4 Å². The number of unbranched alkanes of at least 4 members (excludes halogenated alkanes) is 13. The van der Waals surface area contributed by atoms with Crippen molar-refractivity contribution in [2.24, 2.45) is 0 Å². The van der Waals surface area contributed by atoms with Gasteiger partial charge in [-0.15, -0.1) is 0 Å². The van der Waals surface area contributed by atoms with Crippen molar-refractivity contribution in [1.29, 1.82) is 0 Å². The molecule has 0 saturated heterocycles. The third-order valence-electron chi connectivity index (χ3n) is 6.71. The number of carbonyl (C=O) groups is 4. The van der Waals surface area contributed by atoms with Gasteiger partial charge in [0, 0.05) is 25.8 Å². The first-order chi connectivity index (χ1) is 19.7. The second-order valence-corrected chi connectivity index (χ2v) is 13.6. The van der Waals surface area contributed by atoms with Crippen molar-refractivity contribution in [2.75, 3.05) is 6.54 Å². The van der Waals surface area contributed by atoms with E-state index in [0.717, 1.165) is 38.5 Å². The maximum atomic E-state index is 12.6. The van der Waals surface area contributed by atoms with Crippen LogP contribution in [0.4, 0.5) is 0 Å². The van der Waals surface area contributed by atoms with Gasteiger partial charge in [-0.2, -0.15) is 0 Å². The summed E-state index contributed by atoms with van der Waals surface area (Å²) >= 11 is 0. The number of hydrogen-bond acceptors (Lipinski definition) is 6. The van der Waals surface area contributed by atoms with Crippen molar-refractivity contribution in [3.05, 3.63) is 0 Å². The zero-order valence-corrected chi connectivity index (χ0v) is 28.2. The molecule has 0 aliphatic heterocycles. The van der Waals surface area contributed by atoms with E-state index in [1.807, 2.05) is 27.7 Å². The van der Waals surface area contributed by atoms with Gasteiger partial charge in [0.15, 0.2) is 0 Å². The molecule has 0 saturated carbocycles. The predicted octanol–water partition coefficient (Wildman–Crippen LogP) is 7.70. The number of hydrogen-bond donors (Lipinski definition) is 2. The smallest absolute Gasteiger partial charge is 0.329 e. The fourth-order valence-electron chi connectivity index (χ4n) is 4.59. The fourth-order valence-corrected chi connectivity index (χ4v) is 4.59. The third-order valence-corrected chi connectivity index (χ3v) is 6.71. The highest BCUT2D eigenvalue weighted by Gasteiger charge is 2.27. The van der Waals surface area contributed by atoms with Crippen LogP contribution in [0, 0.1) is 0 Å². The maximum Gasteiger partial charge on any atom is 0.329 e. The minimum atomic E-state index is -0.812. The van der Waals surface area contributed by atoms with Crippen LogP contribution in [0.25, 0.3) is 0 Å². The van der Waals surface area contributed by atoms with Crippen molar-refractivity contribution in [3.8, 4) is 0 Å². The van der Waals surface area contributed by atoms with E-state index in [-0.39, 0.29) is 36.2 Å². The third kappa shape index (κ3) is 26.8. The monoisotopic (exact) mass is 596 g/mol. The molecule has 1 unspecified atom stereocenters. The molecule has 0 aromatic carbocycles. The molecule has 8 heteroatoms. The molecule has 246 valence electrons. The van der Waals surface area contributed by atoms with E-state index >= 15 is 0 Å². The van der Waals surface area contributed by atoms with Gasteiger partial charge < -0.3 is 20.1 Å². The second-order valence-electron chi connectivity index (χ2n) is 13.6. The highest BCUT2D eigenvalue weighted by atomic mass is 16.6. The number of rotatable bonds is 24. The van der Waals surface area contributed by atoms with E-state index in [1.165, 1.54) is 57.8 Å². The van der Waals surface area contributed by atoms with Crippen LogP contribution >= 0.6 is 0 Å². The Morgan fingerprint density at radius 1 is 0.571 bits per heavy atom. The summed E-state index contributed by atoms with van der Waals surface area (Å²) in [5, 5.41) is 5.60. The van der Waals surface area contributed by atoms with Gasteiger partial charge in [-0.25, -0.2) is 4.79 Å². The SMILES string of the molecule is CCCNC(=O)CCC(NC(=O)CCCCCCCCCCCCCCCCC(=O)OC(C)(C)C)C(=O)OC(C)(C)C. The molecule has 8 nitrogen and oxygen atoms in total. The van der Waals surface area contributed by atoms with Crippen molar-refractivity contribution in [1.82, 2.24) is 10.6 Å². The number of carbonyl (C=O) groups excluding carboxylic acids is 4. The first-order valence-electron chi connectivity index (χ1n) is 16.7.